The smallest absolute Gasteiger partial charge is 0.211 e. The molecule has 0 fully saturated rings. The molecule has 2 aromatic carbocycles. The van der Waals surface area contributed by atoms with Gasteiger partial charge in [0.1, 0.15) is 0 Å². The summed E-state index contributed by atoms with van der Waals surface area (Å²) >= 11 is 0. The molecule has 60 heavy (non-hydrogen) atoms. The lowest BCUT2D eigenvalue weighted by Crippen LogP contribution is -2.09. The third kappa shape index (κ3) is 20.0. The second-order valence-corrected chi connectivity index (χ2v) is 18.1. The number of benzene rings is 2. The Morgan fingerprint density at radius 3 is 1.38 bits per heavy atom. The first-order chi connectivity index (χ1) is 29.6. The van der Waals surface area contributed by atoms with Gasteiger partial charge in [-0.05, 0) is 99.3 Å². The zero-order valence-electron chi connectivity index (χ0n) is 39.7. The van der Waals surface area contributed by atoms with Crippen molar-refractivity contribution in [2.45, 2.75) is 234 Å². The molecule has 1 heterocycles. The number of hydrogen-bond acceptors (Lipinski definition) is 0. The molecule has 0 aliphatic carbocycles. The molecule has 0 amide bonds. The lowest BCUT2D eigenvalue weighted by atomic mass is 9.89. The van der Waals surface area contributed by atoms with Crippen molar-refractivity contribution in [3.63, 3.8) is 0 Å². The maximum Gasteiger partial charge on any atom is 0.211 e. The maximum absolute atomic E-state index is 12.2. The summed E-state index contributed by atoms with van der Waals surface area (Å²) in [5.41, 5.74) is 20.4. The average Bonchev–Trinajstić information content (AvgIpc) is 3.60. The first-order valence-electron chi connectivity index (χ1n) is 25.6. The van der Waals surface area contributed by atoms with Gasteiger partial charge in [0, 0.05) is 48.5 Å². The van der Waals surface area contributed by atoms with Crippen LogP contribution in [0.25, 0.3) is 16.9 Å². The molecule has 2 unspecified atom stereocenters. The zero-order chi connectivity index (χ0) is 42.9. The van der Waals surface area contributed by atoms with Gasteiger partial charge in [0.15, 0.2) is 0 Å². The van der Waals surface area contributed by atoms with E-state index in [-0.39, 0.29) is 0 Å². The fourth-order valence-electron chi connectivity index (χ4n) is 8.90. The molecule has 330 valence electrons. The Hall–Kier alpha value is -3.36. The van der Waals surface area contributed by atoms with E-state index in [4.69, 9.17) is 0 Å². The SMILES string of the molecule is CCCCCCCCCC#CCC(CCCC)CCc1ccccc1C1=CC(CCCC)=C(c2ccccc2CCC(CC#CCCCCCCCCC)CCCC)[N+]1=[N-]. The normalized spacial score (nSPS) is 13.5. The zero-order valence-corrected chi connectivity index (χ0v) is 39.7. The Labute approximate surface area is 371 Å². The molecule has 2 atom stereocenters. The first-order valence-corrected chi connectivity index (χ1v) is 25.6. The highest BCUT2D eigenvalue weighted by Gasteiger charge is 2.31. The van der Waals surface area contributed by atoms with Crippen LogP contribution in [0.4, 0.5) is 0 Å². The number of nitrogens with zero attached hydrogens (tertiary/aromatic N) is 2. The van der Waals surface area contributed by atoms with Gasteiger partial charge in [0.05, 0.1) is 0 Å². The summed E-state index contributed by atoms with van der Waals surface area (Å²) in [4.78, 5) is 0. The van der Waals surface area contributed by atoms with Crippen molar-refractivity contribution in [3.05, 3.63) is 88.0 Å². The van der Waals surface area contributed by atoms with E-state index in [0.717, 1.165) is 87.6 Å². The van der Waals surface area contributed by atoms with E-state index in [2.05, 4.69) is 113 Å². The molecule has 0 aromatic heterocycles. The summed E-state index contributed by atoms with van der Waals surface area (Å²) in [5.74, 6) is 15.5. The van der Waals surface area contributed by atoms with Gasteiger partial charge in [-0.15, -0.1) is 23.7 Å². The minimum atomic E-state index is 0.611. The second-order valence-electron chi connectivity index (χ2n) is 18.1. The van der Waals surface area contributed by atoms with Crippen LogP contribution in [0.2, 0.25) is 0 Å². The number of aryl methyl sites for hydroxylation is 2. The van der Waals surface area contributed by atoms with Gasteiger partial charge in [-0.1, -0.05) is 180 Å². The molecule has 0 bridgehead atoms. The lowest BCUT2D eigenvalue weighted by Gasteiger charge is -2.18. The third-order valence-electron chi connectivity index (χ3n) is 12.8. The van der Waals surface area contributed by atoms with Crippen molar-refractivity contribution in [3.8, 4) is 23.7 Å². The Bertz CT molecular complexity index is 1650. The predicted octanol–water partition coefficient (Wildman–Crippen LogP) is 18.2. The predicted molar refractivity (Wildman–Crippen MR) is 264 cm³/mol. The van der Waals surface area contributed by atoms with Crippen LogP contribution in [-0.2, 0) is 12.8 Å². The summed E-state index contributed by atoms with van der Waals surface area (Å²) in [6.45, 7) is 11.5. The van der Waals surface area contributed by atoms with Gasteiger partial charge in [-0.2, -0.15) is 0 Å². The molecule has 2 nitrogen and oxygen atoms in total. The Balaban J connectivity index is 1.70. The molecular formula is C58H88N2. The maximum atomic E-state index is 12.2. The van der Waals surface area contributed by atoms with Gasteiger partial charge >= 0.3 is 0 Å². The molecule has 1 aliphatic rings. The van der Waals surface area contributed by atoms with Crippen molar-refractivity contribution in [1.82, 2.24) is 0 Å². The highest BCUT2D eigenvalue weighted by Crippen LogP contribution is 2.40. The monoisotopic (exact) mass is 813 g/mol. The van der Waals surface area contributed by atoms with E-state index in [1.807, 2.05) is 0 Å². The van der Waals surface area contributed by atoms with Crippen LogP contribution in [0.3, 0.4) is 0 Å². The van der Waals surface area contributed by atoms with Gasteiger partial charge in [0.2, 0.25) is 11.4 Å². The topological polar surface area (TPSA) is 25.3 Å². The fourth-order valence-corrected chi connectivity index (χ4v) is 8.90. The highest BCUT2D eigenvalue weighted by molar-refractivity contribution is 5.80. The van der Waals surface area contributed by atoms with E-state index in [9.17, 15) is 5.53 Å². The summed E-state index contributed by atoms with van der Waals surface area (Å²) < 4.78 is 1.55. The van der Waals surface area contributed by atoms with Crippen LogP contribution >= 0.6 is 0 Å². The van der Waals surface area contributed by atoms with Crippen molar-refractivity contribution in [1.29, 1.82) is 0 Å². The number of hydrogen-bond donors (Lipinski definition) is 0. The molecule has 0 saturated heterocycles. The van der Waals surface area contributed by atoms with Gasteiger partial charge in [-0.25, -0.2) is 4.70 Å². The molecule has 3 rings (SSSR count). The van der Waals surface area contributed by atoms with E-state index in [1.165, 1.54) is 151 Å². The van der Waals surface area contributed by atoms with Gasteiger partial charge in [0.25, 0.3) is 0 Å². The molecule has 0 saturated carbocycles. The van der Waals surface area contributed by atoms with Crippen molar-refractivity contribution in [2.75, 3.05) is 0 Å². The van der Waals surface area contributed by atoms with Gasteiger partial charge < -0.3 is 5.53 Å². The van der Waals surface area contributed by atoms with Crippen LogP contribution in [0.15, 0.2) is 60.2 Å². The second kappa shape index (κ2) is 33.3. The summed E-state index contributed by atoms with van der Waals surface area (Å²) in [6.07, 6.45) is 40.2. The third-order valence-corrected chi connectivity index (χ3v) is 12.8. The number of unbranched alkanes of at least 4 members (excludes halogenated alkanes) is 17. The minimum Gasteiger partial charge on any atom is -0.493 e. The number of allylic oxidation sites excluding steroid dienone is 2. The van der Waals surface area contributed by atoms with E-state index in [0.29, 0.717) is 11.8 Å². The van der Waals surface area contributed by atoms with E-state index >= 15 is 0 Å². The van der Waals surface area contributed by atoms with Crippen molar-refractivity contribution >= 4 is 11.4 Å². The lowest BCUT2D eigenvalue weighted by molar-refractivity contribution is -0.344. The first kappa shape index (κ1) is 51.0. The summed E-state index contributed by atoms with van der Waals surface area (Å²) in [5, 5.41) is 0. The van der Waals surface area contributed by atoms with Crippen molar-refractivity contribution in [2.24, 2.45) is 11.8 Å². The van der Waals surface area contributed by atoms with Crippen LogP contribution in [-0.4, -0.2) is 4.70 Å². The molecular weight excluding hydrogens is 725 g/mol. The van der Waals surface area contributed by atoms with Crippen LogP contribution in [0.1, 0.15) is 243 Å². The molecule has 2 heteroatoms. The van der Waals surface area contributed by atoms with Crippen LogP contribution in [0.5, 0.6) is 0 Å². The standard InChI is InChI=1S/C58H88N2/c1-6-11-16-18-20-22-24-26-28-30-38-50(36-13-8-3)45-47-52-41-32-34-43-55(52)57-49-54(40-15-10-5)58(60(57)59)56-44-35-33-42-53(56)48-46-51(37-14-9-4)39-31-29-27-25-23-21-19-17-12-7-2/h32-35,41-44,49-51H,6-27,36-40,45-48H2,1-5H3. The summed E-state index contributed by atoms with van der Waals surface area (Å²) in [6, 6.07) is 17.7. The molecule has 0 radical (unpaired) electrons. The Kier molecular flexibility index (Phi) is 28.3. The van der Waals surface area contributed by atoms with Crippen molar-refractivity contribution < 1.29 is 4.70 Å². The highest BCUT2D eigenvalue weighted by atomic mass is 15.2. The van der Waals surface area contributed by atoms with E-state index in [1.54, 1.807) is 4.70 Å². The average molecular weight is 813 g/mol. The Morgan fingerprint density at radius 2 is 0.883 bits per heavy atom. The van der Waals surface area contributed by atoms with Crippen LogP contribution in [0, 0.1) is 35.5 Å². The molecule has 0 N–H and O–H groups in total. The van der Waals surface area contributed by atoms with E-state index < -0.39 is 0 Å². The molecule has 1 aliphatic heterocycles. The quantitative estimate of drug-likeness (QED) is 0.0390. The number of rotatable bonds is 33. The van der Waals surface area contributed by atoms with Gasteiger partial charge in [-0.3, -0.25) is 0 Å². The molecule has 0 spiro atoms. The summed E-state index contributed by atoms with van der Waals surface area (Å²) in [7, 11) is 0. The Morgan fingerprint density at radius 1 is 0.450 bits per heavy atom. The minimum absolute atomic E-state index is 0.611. The molecule has 2 aromatic rings. The fraction of sp³-hybridized carbons (Fsp3) is 0.655. The largest absolute Gasteiger partial charge is 0.493 e. The van der Waals surface area contributed by atoms with Crippen LogP contribution < -0.4 is 0 Å².